The van der Waals surface area contributed by atoms with Crippen molar-refractivity contribution >= 4 is 5.65 Å². The highest BCUT2D eigenvalue weighted by molar-refractivity contribution is 5.41. The first-order valence-corrected chi connectivity index (χ1v) is 6.87. The second-order valence-electron chi connectivity index (χ2n) is 5.14. The molecule has 3 rings (SSSR count). The third-order valence-electron chi connectivity index (χ3n) is 3.40. The molecule has 0 bridgehead atoms. The lowest BCUT2D eigenvalue weighted by Gasteiger charge is -2.12. The molecular weight excluding hydrogens is 250 g/mol. The van der Waals surface area contributed by atoms with E-state index in [4.69, 9.17) is 0 Å². The van der Waals surface area contributed by atoms with Gasteiger partial charge < -0.3 is 9.72 Å². The van der Waals surface area contributed by atoms with Gasteiger partial charge in [0.15, 0.2) is 0 Å². The molecule has 104 valence electrons. The van der Waals surface area contributed by atoms with Crippen molar-refractivity contribution in [3.63, 3.8) is 0 Å². The molecule has 1 unspecified atom stereocenters. The van der Waals surface area contributed by atoms with Crippen LogP contribution in [0.3, 0.4) is 0 Å². The van der Waals surface area contributed by atoms with E-state index in [-0.39, 0.29) is 0 Å². The van der Waals surface area contributed by atoms with Crippen LogP contribution in [-0.4, -0.2) is 25.2 Å². The summed E-state index contributed by atoms with van der Waals surface area (Å²) >= 11 is 0. The normalized spacial score (nSPS) is 12.9. The Balaban J connectivity index is 1.63. The minimum absolute atomic E-state index is 0.348. The van der Waals surface area contributed by atoms with Crippen molar-refractivity contribution in [1.82, 2.24) is 24.5 Å². The first-order chi connectivity index (χ1) is 9.72. The summed E-state index contributed by atoms with van der Waals surface area (Å²) in [6.45, 7) is 5.87. The molecule has 1 atom stereocenters. The predicted molar refractivity (Wildman–Crippen MR) is 78.5 cm³/mol. The van der Waals surface area contributed by atoms with Crippen molar-refractivity contribution in [2.75, 3.05) is 0 Å². The first-order valence-electron chi connectivity index (χ1n) is 6.87. The Hall–Kier alpha value is -2.14. The molecule has 0 fully saturated rings. The zero-order valence-corrected chi connectivity index (χ0v) is 11.8. The minimum atomic E-state index is 0.348. The second-order valence-corrected chi connectivity index (χ2v) is 5.14. The van der Waals surface area contributed by atoms with Gasteiger partial charge >= 0.3 is 0 Å². The Kier molecular flexibility index (Phi) is 3.52. The van der Waals surface area contributed by atoms with E-state index in [1.54, 1.807) is 6.20 Å². The first kappa shape index (κ1) is 12.9. The van der Waals surface area contributed by atoms with Crippen molar-refractivity contribution in [1.29, 1.82) is 0 Å². The molecule has 0 aliphatic heterocycles. The highest BCUT2D eigenvalue weighted by atomic mass is 15.3. The Bertz CT molecular complexity index is 683. The molecule has 3 aromatic rings. The van der Waals surface area contributed by atoms with E-state index >= 15 is 0 Å². The van der Waals surface area contributed by atoms with E-state index in [0.717, 1.165) is 24.4 Å². The Labute approximate surface area is 118 Å². The molecule has 1 N–H and O–H groups in total. The average Bonchev–Trinajstić information content (AvgIpc) is 3.06. The zero-order chi connectivity index (χ0) is 13.9. The molecule has 3 aromatic heterocycles. The van der Waals surface area contributed by atoms with E-state index in [0.29, 0.717) is 6.04 Å². The third-order valence-corrected chi connectivity index (χ3v) is 3.40. The van der Waals surface area contributed by atoms with Gasteiger partial charge in [-0.2, -0.15) is 5.10 Å². The Morgan fingerprint density at radius 2 is 2.20 bits per heavy atom. The number of pyridine rings is 1. The van der Waals surface area contributed by atoms with E-state index in [2.05, 4.69) is 45.9 Å². The smallest absolute Gasteiger partial charge is 0.137 e. The topological polar surface area (TPSA) is 47.2 Å². The van der Waals surface area contributed by atoms with E-state index in [1.807, 2.05) is 29.1 Å². The third kappa shape index (κ3) is 2.72. The SMILES string of the molecule is Cc1cccc2nc(CNC(C)Cn3cccn3)cn12. The van der Waals surface area contributed by atoms with Gasteiger partial charge in [-0.15, -0.1) is 0 Å². The quantitative estimate of drug-likeness (QED) is 0.771. The van der Waals surface area contributed by atoms with E-state index < -0.39 is 0 Å². The van der Waals surface area contributed by atoms with E-state index in [1.165, 1.54) is 5.69 Å². The van der Waals surface area contributed by atoms with Gasteiger partial charge in [-0.3, -0.25) is 4.68 Å². The summed E-state index contributed by atoms with van der Waals surface area (Å²) in [5.41, 5.74) is 3.26. The van der Waals surface area contributed by atoms with Crippen molar-refractivity contribution in [2.45, 2.75) is 33.0 Å². The lowest BCUT2D eigenvalue weighted by atomic mass is 10.3. The van der Waals surface area contributed by atoms with Crippen LogP contribution >= 0.6 is 0 Å². The summed E-state index contributed by atoms with van der Waals surface area (Å²) in [5.74, 6) is 0. The number of rotatable bonds is 5. The minimum Gasteiger partial charge on any atom is -0.307 e. The fourth-order valence-electron chi connectivity index (χ4n) is 2.32. The maximum atomic E-state index is 4.62. The standard InChI is InChI=1S/C15H19N5/c1-12(10-19-8-4-7-17-19)16-9-14-11-20-13(2)5-3-6-15(20)18-14/h3-8,11-12,16H,9-10H2,1-2H3. The fourth-order valence-corrected chi connectivity index (χ4v) is 2.32. The molecular formula is C15H19N5. The number of fused-ring (bicyclic) bond motifs is 1. The van der Waals surface area contributed by atoms with Crippen LogP contribution in [-0.2, 0) is 13.1 Å². The molecule has 0 radical (unpaired) electrons. The molecule has 0 aliphatic rings. The van der Waals surface area contributed by atoms with Gasteiger partial charge in [-0.05, 0) is 32.0 Å². The fraction of sp³-hybridized carbons (Fsp3) is 0.333. The summed E-state index contributed by atoms with van der Waals surface area (Å²) in [5, 5.41) is 7.70. The predicted octanol–water partition coefficient (Wildman–Crippen LogP) is 2.02. The number of aryl methyl sites for hydroxylation is 1. The lowest BCUT2D eigenvalue weighted by Crippen LogP contribution is -2.30. The van der Waals surface area contributed by atoms with Gasteiger partial charge in [0.05, 0.1) is 12.2 Å². The van der Waals surface area contributed by atoms with Crippen LogP contribution in [0.2, 0.25) is 0 Å². The average molecular weight is 269 g/mol. The van der Waals surface area contributed by atoms with Crippen LogP contribution in [0, 0.1) is 6.92 Å². The van der Waals surface area contributed by atoms with Crippen molar-refractivity contribution in [2.24, 2.45) is 0 Å². The zero-order valence-electron chi connectivity index (χ0n) is 11.8. The highest BCUT2D eigenvalue weighted by Crippen LogP contribution is 2.08. The largest absolute Gasteiger partial charge is 0.307 e. The van der Waals surface area contributed by atoms with Crippen LogP contribution < -0.4 is 5.32 Å². The summed E-state index contributed by atoms with van der Waals surface area (Å²) < 4.78 is 4.06. The Morgan fingerprint density at radius 1 is 1.30 bits per heavy atom. The van der Waals surface area contributed by atoms with Crippen molar-refractivity contribution in [3.8, 4) is 0 Å². The highest BCUT2D eigenvalue weighted by Gasteiger charge is 2.06. The maximum Gasteiger partial charge on any atom is 0.137 e. The molecule has 5 heteroatoms. The molecule has 0 aromatic carbocycles. The van der Waals surface area contributed by atoms with Gasteiger partial charge in [0.1, 0.15) is 5.65 Å². The van der Waals surface area contributed by atoms with Gasteiger partial charge in [-0.25, -0.2) is 4.98 Å². The van der Waals surface area contributed by atoms with Crippen molar-refractivity contribution in [3.05, 3.63) is 54.2 Å². The number of hydrogen-bond acceptors (Lipinski definition) is 3. The van der Waals surface area contributed by atoms with Crippen LogP contribution in [0.25, 0.3) is 5.65 Å². The van der Waals surface area contributed by atoms with E-state index in [9.17, 15) is 0 Å². The molecule has 0 aliphatic carbocycles. The molecule has 5 nitrogen and oxygen atoms in total. The Morgan fingerprint density at radius 3 is 2.95 bits per heavy atom. The van der Waals surface area contributed by atoms with Crippen LogP contribution in [0.1, 0.15) is 18.3 Å². The van der Waals surface area contributed by atoms with Gasteiger partial charge in [0.25, 0.3) is 0 Å². The van der Waals surface area contributed by atoms with Crippen molar-refractivity contribution < 1.29 is 0 Å². The lowest BCUT2D eigenvalue weighted by molar-refractivity contribution is 0.449. The molecule has 0 saturated heterocycles. The monoisotopic (exact) mass is 269 g/mol. The summed E-state index contributed by atoms with van der Waals surface area (Å²) in [7, 11) is 0. The van der Waals surface area contributed by atoms with Gasteiger partial charge in [0, 0.05) is 36.9 Å². The molecule has 0 saturated carbocycles. The van der Waals surface area contributed by atoms with Crippen LogP contribution in [0.5, 0.6) is 0 Å². The molecule has 20 heavy (non-hydrogen) atoms. The number of aromatic nitrogens is 4. The second kappa shape index (κ2) is 5.46. The summed E-state index contributed by atoms with van der Waals surface area (Å²) in [6.07, 6.45) is 5.88. The number of imidazole rings is 1. The van der Waals surface area contributed by atoms with Crippen LogP contribution in [0.4, 0.5) is 0 Å². The summed E-state index contributed by atoms with van der Waals surface area (Å²) in [6, 6.07) is 8.45. The number of nitrogens with zero attached hydrogens (tertiary/aromatic N) is 4. The van der Waals surface area contributed by atoms with Gasteiger partial charge in [-0.1, -0.05) is 6.07 Å². The molecule has 0 amide bonds. The van der Waals surface area contributed by atoms with Crippen LogP contribution in [0.15, 0.2) is 42.9 Å². The summed E-state index contributed by atoms with van der Waals surface area (Å²) in [4.78, 5) is 4.62. The maximum absolute atomic E-state index is 4.62. The molecule has 0 spiro atoms. The number of nitrogens with one attached hydrogen (secondary N) is 1. The van der Waals surface area contributed by atoms with Gasteiger partial charge in [0.2, 0.25) is 0 Å². The molecule has 3 heterocycles. The number of hydrogen-bond donors (Lipinski definition) is 1.